The number of thiophene rings is 1. The van der Waals surface area contributed by atoms with Gasteiger partial charge in [-0.3, -0.25) is 14.6 Å². The van der Waals surface area contributed by atoms with Crippen LogP contribution in [0.25, 0.3) is 0 Å². The van der Waals surface area contributed by atoms with Crippen molar-refractivity contribution < 1.29 is 9.59 Å². The SMILES string of the molecule is CSCC(=O)Nc1sc2c(c1C(=O)c1cccnc1)CCC2. The lowest BCUT2D eigenvalue weighted by Gasteiger charge is -2.07. The molecular weight excluding hydrogens is 316 g/mol. The lowest BCUT2D eigenvalue weighted by atomic mass is 10.0. The summed E-state index contributed by atoms with van der Waals surface area (Å²) in [5, 5.41) is 3.60. The van der Waals surface area contributed by atoms with Gasteiger partial charge in [-0.05, 0) is 43.2 Å². The number of nitrogens with one attached hydrogen (secondary N) is 1. The van der Waals surface area contributed by atoms with Gasteiger partial charge < -0.3 is 5.32 Å². The van der Waals surface area contributed by atoms with E-state index in [-0.39, 0.29) is 11.7 Å². The molecule has 6 heteroatoms. The van der Waals surface area contributed by atoms with E-state index < -0.39 is 0 Å². The van der Waals surface area contributed by atoms with Crippen molar-refractivity contribution in [3.63, 3.8) is 0 Å². The number of nitrogens with zero attached hydrogens (tertiary/aromatic N) is 1. The topological polar surface area (TPSA) is 59.1 Å². The van der Waals surface area contributed by atoms with Crippen molar-refractivity contribution in [1.29, 1.82) is 0 Å². The zero-order chi connectivity index (χ0) is 15.5. The summed E-state index contributed by atoms with van der Waals surface area (Å²) in [4.78, 5) is 30.0. The quantitative estimate of drug-likeness (QED) is 0.855. The average Bonchev–Trinajstić information content (AvgIpc) is 3.08. The second-order valence-corrected chi connectivity index (χ2v) is 7.08. The Kier molecular flexibility index (Phi) is 4.59. The molecule has 1 N–H and O–H groups in total. The highest BCUT2D eigenvalue weighted by atomic mass is 32.2. The summed E-state index contributed by atoms with van der Waals surface area (Å²) in [6.07, 6.45) is 8.09. The van der Waals surface area contributed by atoms with Crippen molar-refractivity contribution in [3.05, 3.63) is 46.1 Å². The van der Waals surface area contributed by atoms with Gasteiger partial charge >= 0.3 is 0 Å². The van der Waals surface area contributed by atoms with Gasteiger partial charge in [0.05, 0.1) is 11.3 Å². The van der Waals surface area contributed by atoms with Crippen LogP contribution in [0.5, 0.6) is 0 Å². The van der Waals surface area contributed by atoms with Crippen molar-refractivity contribution in [2.24, 2.45) is 0 Å². The number of amides is 1. The number of fused-ring (bicyclic) bond motifs is 1. The van der Waals surface area contributed by atoms with Crippen LogP contribution in [-0.4, -0.2) is 28.7 Å². The summed E-state index contributed by atoms with van der Waals surface area (Å²) in [7, 11) is 0. The molecule has 0 bridgehead atoms. The highest BCUT2D eigenvalue weighted by Gasteiger charge is 2.28. The van der Waals surface area contributed by atoms with E-state index in [1.165, 1.54) is 16.6 Å². The minimum absolute atomic E-state index is 0.0491. The molecule has 0 saturated carbocycles. The molecule has 0 aliphatic heterocycles. The number of ketones is 1. The number of hydrogen-bond donors (Lipinski definition) is 1. The second-order valence-electron chi connectivity index (χ2n) is 5.11. The van der Waals surface area contributed by atoms with Crippen molar-refractivity contribution in [2.75, 3.05) is 17.3 Å². The van der Waals surface area contributed by atoms with Gasteiger partial charge in [-0.15, -0.1) is 11.3 Å². The van der Waals surface area contributed by atoms with E-state index in [4.69, 9.17) is 0 Å². The maximum absolute atomic E-state index is 12.8. The Morgan fingerprint density at radius 1 is 1.41 bits per heavy atom. The van der Waals surface area contributed by atoms with Crippen LogP contribution >= 0.6 is 23.1 Å². The third-order valence-corrected chi connectivity index (χ3v) is 5.36. The van der Waals surface area contributed by atoms with Gasteiger partial charge in [0.15, 0.2) is 5.78 Å². The molecular formula is C16H16N2O2S2. The normalized spacial score (nSPS) is 13.0. The molecule has 0 fully saturated rings. The first-order valence-electron chi connectivity index (χ1n) is 7.08. The molecule has 1 aliphatic rings. The smallest absolute Gasteiger partial charge is 0.234 e. The van der Waals surface area contributed by atoms with Crippen molar-refractivity contribution in [1.82, 2.24) is 4.98 Å². The van der Waals surface area contributed by atoms with Crippen LogP contribution in [0.2, 0.25) is 0 Å². The lowest BCUT2D eigenvalue weighted by molar-refractivity contribution is -0.113. The lowest BCUT2D eigenvalue weighted by Crippen LogP contribution is -2.16. The number of anilines is 1. The average molecular weight is 332 g/mol. The number of aryl methyl sites for hydroxylation is 1. The number of thioether (sulfide) groups is 1. The van der Waals surface area contributed by atoms with E-state index in [0.29, 0.717) is 21.9 Å². The van der Waals surface area contributed by atoms with Gasteiger partial charge in [-0.1, -0.05) is 0 Å². The standard InChI is InChI=1S/C16H16N2O2S2/c1-21-9-13(19)18-16-14(11-5-2-6-12(11)22-16)15(20)10-4-3-7-17-8-10/h3-4,7-8H,2,5-6,9H2,1H3,(H,18,19). The van der Waals surface area contributed by atoms with Crippen molar-refractivity contribution >= 4 is 39.8 Å². The molecule has 3 rings (SSSR count). The van der Waals surface area contributed by atoms with Crippen molar-refractivity contribution in [3.8, 4) is 0 Å². The number of rotatable bonds is 5. The van der Waals surface area contributed by atoms with Crippen LogP contribution in [0.15, 0.2) is 24.5 Å². The Hall–Kier alpha value is -1.66. The second kappa shape index (κ2) is 6.62. The van der Waals surface area contributed by atoms with Crippen LogP contribution in [-0.2, 0) is 17.6 Å². The summed E-state index contributed by atoms with van der Waals surface area (Å²) in [6, 6.07) is 3.52. The molecule has 2 heterocycles. The highest BCUT2D eigenvalue weighted by Crippen LogP contribution is 2.40. The Balaban J connectivity index is 1.98. The van der Waals surface area contributed by atoms with Crippen LogP contribution in [0.1, 0.15) is 32.8 Å². The summed E-state index contributed by atoms with van der Waals surface area (Å²) < 4.78 is 0. The van der Waals surface area contributed by atoms with Crippen LogP contribution in [0.3, 0.4) is 0 Å². The fraction of sp³-hybridized carbons (Fsp3) is 0.312. The molecule has 22 heavy (non-hydrogen) atoms. The molecule has 1 aliphatic carbocycles. The third kappa shape index (κ3) is 2.94. The number of carbonyl (C=O) groups is 2. The molecule has 0 spiro atoms. The molecule has 0 saturated heterocycles. The van der Waals surface area contributed by atoms with E-state index in [1.54, 1.807) is 35.9 Å². The molecule has 2 aromatic heterocycles. The largest absolute Gasteiger partial charge is 0.316 e. The van der Waals surface area contributed by atoms with E-state index in [0.717, 1.165) is 24.8 Å². The predicted octanol–water partition coefficient (Wildman–Crippen LogP) is 3.16. The summed E-state index contributed by atoms with van der Waals surface area (Å²) in [6.45, 7) is 0. The van der Waals surface area contributed by atoms with Gasteiger partial charge in [-0.2, -0.15) is 11.8 Å². The number of aromatic nitrogens is 1. The zero-order valence-corrected chi connectivity index (χ0v) is 13.9. The van der Waals surface area contributed by atoms with E-state index >= 15 is 0 Å². The van der Waals surface area contributed by atoms with Crippen molar-refractivity contribution in [2.45, 2.75) is 19.3 Å². The molecule has 1 amide bonds. The van der Waals surface area contributed by atoms with Gasteiger partial charge in [0.2, 0.25) is 5.91 Å². The molecule has 0 aromatic carbocycles. The predicted molar refractivity (Wildman–Crippen MR) is 91.0 cm³/mol. The molecule has 4 nitrogen and oxygen atoms in total. The van der Waals surface area contributed by atoms with Gasteiger partial charge in [0.1, 0.15) is 5.00 Å². The molecule has 2 aromatic rings. The van der Waals surface area contributed by atoms with Gasteiger partial charge in [0, 0.05) is 22.8 Å². The minimum atomic E-state index is -0.0624. The number of hydrogen-bond acceptors (Lipinski definition) is 5. The maximum atomic E-state index is 12.8. The maximum Gasteiger partial charge on any atom is 0.234 e. The number of carbonyl (C=O) groups excluding carboxylic acids is 2. The Morgan fingerprint density at radius 2 is 2.27 bits per heavy atom. The zero-order valence-electron chi connectivity index (χ0n) is 12.2. The molecule has 0 unspecified atom stereocenters. The van der Waals surface area contributed by atoms with Gasteiger partial charge in [-0.25, -0.2) is 0 Å². The first kappa shape index (κ1) is 15.2. The first-order valence-corrected chi connectivity index (χ1v) is 9.29. The molecule has 114 valence electrons. The van der Waals surface area contributed by atoms with Crippen LogP contribution in [0.4, 0.5) is 5.00 Å². The van der Waals surface area contributed by atoms with E-state index in [9.17, 15) is 9.59 Å². The van der Waals surface area contributed by atoms with Gasteiger partial charge in [0.25, 0.3) is 0 Å². The minimum Gasteiger partial charge on any atom is -0.316 e. The molecule has 0 radical (unpaired) electrons. The fourth-order valence-corrected chi connectivity index (χ4v) is 4.31. The fourth-order valence-electron chi connectivity index (χ4n) is 2.67. The Bertz CT molecular complexity index is 710. The number of pyridine rings is 1. The van der Waals surface area contributed by atoms with E-state index in [2.05, 4.69) is 10.3 Å². The summed E-state index contributed by atoms with van der Waals surface area (Å²) in [5.41, 5.74) is 2.34. The molecule has 0 atom stereocenters. The van der Waals surface area contributed by atoms with E-state index in [1.807, 2.05) is 6.26 Å². The summed E-state index contributed by atoms with van der Waals surface area (Å²) in [5.74, 6) is 0.280. The Labute approximate surface area is 137 Å². The Morgan fingerprint density at radius 3 is 3.00 bits per heavy atom. The first-order chi connectivity index (χ1) is 10.7. The van der Waals surface area contributed by atoms with Crippen LogP contribution < -0.4 is 5.32 Å². The third-order valence-electron chi connectivity index (χ3n) is 3.60. The monoisotopic (exact) mass is 332 g/mol. The highest BCUT2D eigenvalue weighted by molar-refractivity contribution is 7.99. The van der Waals surface area contributed by atoms with Crippen LogP contribution in [0, 0.1) is 0 Å². The summed E-state index contributed by atoms with van der Waals surface area (Å²) >= 11 is 3.01.